The van der Waals surface area contributed by atoms with Gasteiger partial charge in [-0.3, -0.25) is 0 Å². The first-order chi connectivity index (χ1) is 8.22. The van der Waals surface area contributed by atoms with E-state index in [2.05, 4.69) is 13.0 Å². The lowest BCUT2D eigenvalue weighted by Gasteiger charge is -1.92. The molecule has 1 N–H and O–H groups in total. The van der Waals surface area contributed by atoms with Crippen LogP contribution in [-0.4, -0.2) is 24.3 Å². The summed E-state index contributed by atoms with van der Waals surface area (Å²) in [4.78, 5) is 10.8. The molecule has 0 rings (SSSR count). The number of carbonyl (C=O) groups is 1. The van der Waals surface area contributed by atoms with Crippen LogP contribution in [0, 0.1) is 0 Å². The minimum atomic E-state index is -0.272. The number of hydrogen-bond acceptors (Lipinski definition) is 3. The van der Waals surface area contributed by atoms with Crippen LogP contribution in [0.15, 0.2) is 24.3 Å². The van der Waals surface area contributed by atoms with Crippen molar-refractivity contribution in [3.63, 3.8) is 0 Å². The Morgan fingerprint density at radius 1 is 1.18 bits per heavy atom. The van der Waals surface area contributed by atoms with Crippen LogP contribution in [0.25, 0.3) is 0 Å². The zero-order valence-electron chi connectivity index (χ0n) is 11.3. The molecule has 0 bridgehead atoms. The number of aliphatic hydroxyl groups is 1. The van der Waals surface area contributed by atoms with Crippen LogP contribution in [0.3, 0.4) is 0 Å². The zero-order valence-corrected chi connectivity index (χ0v) is 11.3. The van der Waals surface area contributed by atoms with Crippen LogP contribution in [0.4, 0.5) is 0 Å². The molecule has 0 unspecified atom stereocenters. The summed E-state index contributed by atoms with van der Waals surface area (Å²) < 4.78 is 4.73. The van der Waals surface area contributed by atoms with Crippen LogP contribution in [-0.2, 0) is 9.53 Å². The molecule has 0 aliphatic carbocycles. The Morgan fingerprint density at radius 2 is 1.82 bits per heavy atom. The lowest BCUT2D eigenvalue weighted by Crippen LogP contribution is -1.98. The molecule has 0 heterocycles. The molecule has 0 aliphatic heterocycles. The van der Waals surface area contributed by atoms with Gasteiger partial charge in [-0.05, 0) is 26.7 Å². The number of esters is 1. The molecule has 0 aromatic rings. The molecule has 0 radical (unpaired) electrons. The maximum Gasteiger partial charge on any atom is 0.330 e. The summed E-state index contributed by atoms with van der Waals surface area (Å²) in [6.07, 6.45) is 12.0. The fourth-order valence-corrected chi connectivity index (χ4v) is 1.01. The van der Waals surface area contributed by atoms with Gasteiger partial charge in [0, 0.05) is 12.7 Å². The summed E-state index contributed by atoms with van der Waals surface area (Å²) in [5.74, 6) is -0.272. The molecule has 0 aromatic heterocycles. The smallest absolute Gasteiger partial charge is 0.330 e. The van der Waals surface area contributed by atoms with E-state index < -0.39 is 0 Å². The maximum absolute atomic E-state index is 10.8. The Balaban J connectivity index is 0. The number of rotatable bonds is 7. The molecular weight excluding hydrogens is 216 g/mol. The van der Waals surface area contributed by atoms with E-state index in [1.807, 2.05) is 6.08 Å². The average Bonchev–Trinajstić information content (AvgIpc) is 2.29. The fourth-order valence-electron chi connectivity index (χ4n) is 1.01. The van der Waals surface area contributed by atoms with Crippen molar-refractivity contribution in [2.24, 2.45) is 0 Å². The van der Waals surface area contributed by atoms with Crippen molar-refractivity contribution in [1.29, 1.82) is 0 Å². The van der Waals surface area contributed by atoms with Gasteiger partial charge in [0.2, 0.25) is 0 Å². The highest BCUT2D eigenvalue weighted by atomic mass is 16.5. The van der Waals surface area contributed by atoms with Gasteiger partial charge < -0.3 is 9.84 Å². The quantitative estimate of drug-likeness (QED) is 0.323. The number of allylic oxidation sites excluding steroid dienone is 3. The van der Waals surface area contributed by atoms with Gasteiger partial charge in [-0.2, -0.15) is 0 Å². The second kappa shape index (κ2) is 17.3. The number of hydrogen-bond donors (Lipinski definition) is 1. The van der Waals surface area contributed by atoms with Crippen molar-refractivity contribution in [2.45, 2.75) is 46.5 Å². The normalized spacial score (nSPS) is 10.4. The van der Waals surface area contributed by atoms with Gasteiger partial charge >= 0.3 is 5.97 Å². The number of ether oxygens (including phenoxy) is 1. The van der Waals surface area contributed by atoms with Crippen molar-refractivity contribution in [1.82, 2.24) is 0 Å². The van der Waals surface area contributed by atoms with E-state index in [-0.39, 0.29) is 12.6 Å². The Kier molecular flexibility index (Phi) is 18.6. The second-order valence-electron chi connectivity index (χ2n) is 3.35. The third kappa shape index (κ3) is 20.9. The molecule has 100 valence electrons. The van der Waals surface area contributed by atoms with E-state index in [1.54, 1.807) is 19.9 Å². The minimum Gasteiger partial charge on any atom is -0.463 e. The molecule has 0 fully saturated rings. The average molecular weight is 242 g/mol. The third-order valence-electron chi connectivity index (χ3n) is 1.74. The van der Waals surface area contributed by atoms with Crippen LogP contribution in [0.2, 0.25) is 0 Å². The molecule has 0 amide bonds. The SMILES string of the molecule is CCCCC/C=C\C=C\C(=O)OCC.CCO. The van der Waals surface area contributed by atoms with Crippen LogP contribution in [0.1, 0.15) is 46.5 Å². The summed E-state index contributed by atoms with van der Waals surface area (Å²) in [6.45, 7) is 6.35. The van der Waals surface area contributed by atoms with E-state index in [4.69, 9.17) is 9.84 Å². The van der Waals surface area contributed by atoms with Gasteiger partial charge in [0.1, 0.15) is 0 Å². The van der Waals surface area contributed by atoms with Gasteiger partial charge in [-0.15, -0.1) is 0 Å². The lowest BCUT2D eigenvalue weighted by molar-refractivity contribution is -0.137. The topological polar surface area (TPSA) is 46.5 Å². The van der Waals surface area contributed by atoms with Crippen LogP contribution >= 0.6 is 0 Å². The predicted molar refractivity (Wildman–Crippen MR) is 71.8 cm³/mol. The molecule has 3 heteroatoms. The van der Waals surface area contributed by atoms with Crippen molar-refractivity contribution in [2.75, 3.05) is 13.2 Å². The highest BCUT2D eigenvalue weighted by molar-refractivity contribution is 5.82. The molecule has 0 spiro atoms. The lowest BCUT2D eigenvalue weighted by atomic mass is 10.2. The minimum absolute atomic E-state index is 0.250. The van der Waals surface area contributed by atoms with Crippen molar-refractivity contribution in [3.05, 3.63) is 24.3 Å². The molecule has 3 nitrogen and oxygen atoms in total. The molecular formula is C14H26O3. The highest BCUT2D eigenvalue weighted by Gasteiger charge is 1.89. The fraction of sp³-hybridized carbons (Fsp3) is 0.643. The van der Waals surface area contributed by atoms with Gasteiger partial charge in [-0.1, -0.05) is 38.0 Å². The second-order valence-corrected chi connectivity index (χ2v) is 3.35. The largest absolute Gasteiger partial charge is 0.463 e. The summed E-state index contributed by atoms with van der Waals surface area (Å²) in [5, 5.41) is 7.57. The monoisotopic (exact) mass is 242 g/mol. The Bertz CT molecular complexity index is 208. The molecule has 0 saturated carbocycles. The summed E-state index contributed by atoms with van der Waals surface area (Å²) >= 11 is 0. The van der Waals surface area contributed by atoms with Gasteiger partial charge in [0.05, 0.1) is 6.61 Å². The van der Waals surface area contributed by atoms with E-state index in [9.17, 15) is 4.79 Å². The van der Waals surface area contributed by atoms with E-state index >= 15 is 0 Å². The summed E-state index contributed by atoms with van der Waals surface area (Å²) in [6, 6.07) is 0. The van der Waals surface area contributed by atoms with E-state index in [0.29, 0.717) is 6.61 Å². The number of unbranched alkanes of at least 4 members (excludes halogenated alkanes) is 3. The van der Waals surface area contributed by atoms with Gasteiger partial charge in [-0.25, -0.2) is 4.79 Å². The Labute approximate surface area is 105 Å². The number of carbonyl (C=O) groups excluding carboxylic acids is 1. The molecule has 0 aromatic carbocycles. The molecule has 0 saturated heterocycles. The van der Waals surface area contributed by atoms with Crippen molar-refractivity contribution in [3.8, 4) is 0 Å². The highest BCUT2D eigenvalue weighted by Crippen LogP contribution is 1.99. The molecule has 17 heavy (non-hydrogen) atoms. The molecule has 0 aliphatic rings. The molecule has 0 atom stereocenters. The van der Waals surface area contributed by atoms with Gasteiger partial charge in [0.25, 0.3) is 0 Å². The Morgan fingerprint density at radius 3 is 2.35 bits per heavy atom. The zero-order chi connectivity index (χ0) is 13.4. The van der Waals surface area contributed by atoms with E-state index in [1.165, 1.54) is 25.3 Å². The van der Waals surface area contributed by atoms with Crippen molar-refractivity contribution < 1.29 is 14.6 Å². The Hall–Kier alpha value is -1.09. The van der Waals surface area contributed by atoms with Crippen LogP contribution < -0.4 is 0 Å². The van der Waals surface area contributed by atoms with Crippen molar-refractivity contribution >= 4 is 5.97 Å². The summed E-state index contributed by atoms with van der Waals surface area (Å²) in [7, 11) is 0. The summed E-state index contributed by atoms with van der Waals surface area (Å²) in [5.41, 5.74) is 0. The maximum atomic E-state index is 10.8. The predicted octanol–water partition coefficient (Wildman–Crippen LogP) is 3.24. The first-order valence-electron chi connectivity index (χ1n) is 6.33. The first kappa shape index (κ1) is 18.3. The standard InChI is InChI=1S/C12H20O2.C2H6O/c1-3-5-6-7-8-9-10-11-12(13)14-4-2;1-2-3/h8-11H,3-7H2,1-2H3;3H,2H2,1H3/b9-8-,11-10+;. The third-order valence-corrected chi connectivity index (χ3v) is 1.74. The van der Waals surface area contributed by atoms with E-state index in [0.717, 1.165) is 6.42 Å². The number of aliphatic hydroxyl groups excluding tert-OH is 1. The first-order valence-corrected chi connectivity index (χ1v) is 6.33. The van der Waals surface area contributed by atoms with Crippen LogP contribution in [0.5, 0.6) is 0 Å². The van der Waals surface area contributed by atoms with Gasteiger partial charge in [0.15, 0.2) is 0 Å².